The highest BCUT2D eigenvalue weighted by Crippen LogP contribution is 2.28. The van der Waals surface area contributed by atoms with Gasteiger partial charge in [0, 0.05) is 30.8 Å². The van der Waals surface area contributed by atoms with Crippen molar-refractivity contribution in [3.8, 4) is 0 Å². The Hall–Kier alpha value is -0.160. The normalized spacial score (nSPS) is 14.8. The Kier molecular flexibility index (Phi) is 6.28. The summed E-state index contributed by atoms with van der Waals surface area (Å²) in [6, 6.07) is 0. The number of hydrogen-bond donors (Lipinski definition) is 1. The second-order valence-electron chi connectivity index (χ2n) is 4.04. The van der Waals surface area contributed by atoms with Crippen LogP contribution in [-0.4, -0.2) is 24.7 Å². The lowest BCUT2D eigenvalue weighted by Crippen LogP contribution is -2.19. The van der Waals surface area contributed by atoms with E-state index in [1.54, 1.807) is 11.3 Å². The van der Waals surface area contributed by atoms with Crippen LogP contribution in [0.1, 0.15) is 22.7 Å². The summed E-state index contributed by atoms with van der Waals surface area (Å²) >= 11 is 1.75. The van der Waals surface area contributed by atoms with E-state index in [9.17, 15) is 0 Å². The summed E-state index contributed by atoms with van der Waals surface area (Å²) in [7, 11) is 0. The van der Waals surface area contributed by atoms with Gasteiger partial charge in [-0.25, -0.2) is 4.98 Å². The first-order valence-electron chi connectivity index (χ1n) is 5.54. The fraction of sp³-hybridized carbons (Fsp3) is 0.727. The minimum absolute atomic E-state index is 0. The Morgan fingerprint density at radius 1 is 1.56 bits per heavy atom. The molecule has 5 heteroatoms. The number of ether oxygens (including phenoxy) is 1. The molecule has 0 saturated heterocycles. The van der Waals surface area contributed by atoms with Gasteiger partial charge < -0.3 is 10.1 Å². The zero-order chi connectivity index (χ0) is 10.5. The van der Waals surface area contributed by atoms with Gasteiger partial charge in [-0.05, 0) is 25.7 Å². The molecule has 2 rings (SSSR count). The zero-order valence-corrected chi connectivity index (χ0v) is 11.2. The molecule has 0 radical (unpaired) electrons. The predicted octanol–water partition coefficient (Wildman–Crippen LogP) is 2.39. The Morgan fingerprint density at radius 3 is 3.00 bits per heavy atom. The van der Waals surface area contributed by atoms with E-state index < -0.39 is 0 Å². The maximum atomic E-state index is 5.53. The number of halogens is 1. The Balaban J connectivity index is 0.00000128. The van der Waals surface area contributed by atoms with Gasteiger partial charge in [-0.1, -0.05) is 0 Å². The SMILES string of the molecule is Cc1ncc(CNCCOCC2CC2)s1.Cl. The van der Waals surface area contributed by atoms with E-state index >= 15 is 0 Å². The van der Waals surface area contributed by atoms with Gasteiger partial charge in [-0.2, -0.15) is 0 Å². The molecule has 0 aromatic carbocycles. The van der Waals surface area contributed by atoms with Crippen LogP contribution in [0.2, 0.25) is 0 Å². The molecular formula is C11H19ClN2OS. The quantitative estimate of drug-likeness (QED) is 0.767. The van der Waals surface area contributed by atoms with Crippen LogP contribution in [0.4, 0.5) is 0 Å². The van der Waals surface area contributed by atoms with Crippen LogP contribution in [0.5, 0.6) is 0 Å². The topological polar surface area (TPSA) is 34.2 Å². The first-order valence-corrected chi connectivity index (χ1v) is 6.36. The number of rotatable bonds is 7. The Bertz CT molecular complexity index is 302. The van der Waals surface area contributed by atoms with E-state index in [4.69, 9.17) is 4.74 Å². The van der Waals surface area contributed by atoms with E-state index in [0.717, 1.165) is 37.2 Å². The van der Waals surface area contributed by atoms with Gasteiger partial charge in [0.05, 0.1) is 11.6 Å². The minimum atomic E-state index is 0. The van der Waals surface area contributed by atoms with Crippen molar-refractivity contribution in [1.29, 1.82) is 0 Å². The summed E-state index contributed by atoms with van der Waals surface area (Å²) in [5.74, 6) is 0.870. The summed E-state index contributed by atoms with van der Waals surface area (Å²) in [5, 5.41) is 4.49. The van der Waals surface area contributed by atoms with Crippen LogP contribution >= 0.6 is 23.7 Å². The fourth-order valence-corrected chi connectivity index (χ4v) is 2.14. The number of aromatic nitrogens is 1. The third-order valence-electron chi connectivity index (χ3n) is 2.44. The van der Waals surface area contributed by atoms with Gasteiger partial charge in [0.25, 0.3) is 0 Å². The number of thiazole rings is 1. The minimum Gasteiger partial charge on any atom is -0.380 e. The van der Waals surface area contributed by atoms with Crippen LogP contribution < -0.4 is 5.32 Å². The van der Waals surface area contributed by atoms with Gasteiger partial charge in [-0.15, -0.1) is 23.7 Å². The summed E-state index contributed by atoms with van der Waals surface area (Å²) in [6.45, 7) is 5.67. The third-order valence-corrected chi connectivity index (χ3v) is 3.35. The molecule has 0 spiro atoms. The number of nitrogens with zero attached hydrogens (tertiary/aromatic N) is 1. The Labute approximate surface area is 107 Å². The van der Waals surface area contributed by atoms with E-state index in [1.807, 2.05) is 13.1 Å². The van der Waals surface area contributed by atoms with Crippen molar-refractivity contribution in [2.45, 2.75) is 26.3 Å². The molecule has 0 bridgehead atoms. The molecule has 1 aromatic rings. The van der Waals surface area contributed by atoms with Crippen molar-refractivity contribution in [2.75, 3.05) is 19.8 Å². The zero-order valence-electron chi connectivity index (χ0n) is 9.57. The van der Waals surface area contributed by atoms with Crippen molar-refractivity contribution >= 4 is 23.7 Å². The summed E-state index contributed by atoms with van der Waals surface area (Å²) in [6.07, 6.45) is 4.68. The first kappa shape index (κ1) is 13.9. The second kappa shape index (κ2) is 7.22. The highest BCUT2D eigenvalue weighted by atomic mass is 35.5. The molecule has 1 saturated carbocycles. The van der Waals surface area contributed by atoms with Crippen LogP contribution in [-0.2, 0) is 11.3 Å². The lowest BCUT2D eigenvalue weighted by molar-refractivity contribution is 0.126. The first-order chi connectivity index (χ1) is 7.34. The van der Waals surface area contributed by atoms with Crippen LogP contribution in [0.25, 0.3) is 0 Å². The van der Waals surface area contributed by atoms with Crippen molar-refractivity contribution in [3.05, 3.63) is 16.1 Å². The molecular weight excluding hydrogens is 244 g/mol. The van der Waals surface area contributed by atoms with Crippen LogP contribution in [0, 0.1) is 12.8 Å². The molecule has 1 N–H and O–H groups in total. The average Bonchev–Trinajstić information content (AvgIpc) is 2.95. The van der Waals surface area contributed by atoms with E-state index in [-0.39, 0.29) is 12.4 Å². The van der Waals surface area contributed by atoms with E-state index in [0.29, 0.717) is 0 Å². The van der Waals surface area contributed by atoms with Crippen molar-refractivity contribution in [1.82, 2.24) is 10.3 Å². The van der Waals surface area contributed by atoms with Crippen LogP contribution in [0.3, 0.4) is 0 Å². The van der Waals surface area contributed by atoms with E-state index in [2.05, 4.69) is 10.3 Å². The Morgan fingerprint density at radius 2 is 2.38 bits per heavy atom. The van der Waals surface area contributed by atoms with Gasteiger partial charge in [0.2, 0.25) is 0 Å². The third kappa shape index (κ3) is 5.25. The number of hydrogen-bond acceptors (Lipinski definition) is 4. The molecule has 1 aromatic heterocycles. The van der Waals surface area contributed by atoms with Gasteiger partial charge in [0.1, 0.15) is 0 Å². The average molecular weight is 263 g/mol. The molecule has 0 atom stereocenters. The maximum Gasteiger partial charge on any atom is 0.0897 e. The molecule has 0 aliphatic heterocycles. The molecule has 1 aliphatic carbocycles. The highest BCUT2D eigenvalue weighted by Gasteiger charge is 2.20. The summed E-state index contributed by atoms with van der Waals surface area (Å²) in [5.41, 5.74) is 0. The largest absolute Gasteiger partial charge is 0.380 e. The van der Waals surface area contributed by atoms with Crippen molar-refractivity contribution in [2.24, 2.45) is 5.92 Å². The number of nitrogens with one attached hydrogen (secondary N) is 1. The van der Waals surface area contributed by atoms with Gasteiger partial charge >= 0.3 is 0 Å². The molecule has 1 fully saturated rings. The van der Waals surface area contributed by atoms with Gasteiger partial charge in [-0.3, -0.25) is 0 Å². The fourth-order valence-electron chi connectivity index (χ4n) is 1.38. The lowest BCUT2D eigenvalue weighted by Gasteiger charge is -2.03. The van der Waals surface area contributed by atoms with Gasteiger partial charge in [0.15, 0.2) is 0 Å². The smallest absolute Gasteiger partial charge is 0.0897 e. The molecule has 16 heavy (non-hydrogen) atoms. The van der Waals surface area contributed by atoms with Crippen molar-refractivity contribution in [3.63, 3.8) is 0 Å². The second-order valence-corrected chi connectivity index (χ2v) is 5.36. The summed E-state index contributed by atoms with van der Waals surface area (Å²) < 4.78 is 5.53. The molecule has 92 valence electrons. The molecule has 3 nitrogen and oxygen atoms in total. The summed E-state index contributed by atoms with van der Waals surface area (Å²) in [4.78, 5) is 5.51. The standard InChI is InChI=1S/C11H18N2OS.ClH/c1-9-13-7-11(15-9)6-12-4-5-14-8-10-2-3-10;/h7,10,12H,2-6,8H2,1H3;1H. The monoisotopic (exact) mass is 262 g/mol. The molecule has 0 unspecified atom stereocenters. The number of aryl methyl sites for hydroxylation is 1. The predicted molar refractivity (Wildman–Crippen MR) is 69.3 cm³/mol. The van der Waals surface area contributed by atoms with E-state index in [1.165, 1.54) is 17.7 Å². The molecule has 1 heterocycles. The maximum absolute atomic E-state index is 5.53. The highest BCUT2D eigenvalue weighted by molar-refractivity contribution is 7.11. The van der Waals surface area contributed by atoms with Crippen LogP contribution in [0.15, 0.2) is 6.20 Å². The molecule has 0 amide bonds. The van der Waals surface area contributed by atoms with Crippen molar-refractivity contribution < 1.29 is 4.74 Å². The molecule has 1 aliphatic rings. The lowest BCUT2D eigenvalue weighted by atomic mass is 10.5.